The number of H-pyrrole nitrogens is 1. The quantitative estimate of drug-likeness (QED) is 0.764. The standard InChI is InChI=1S/C19H16ClFN2O2/c1-11(15-10-22-18(24)14-6-4-3-5-13(14)15)23(2)19(25)12-7-8-17(21)16(20)9-12/h3-11H,1-2H3,(H,22,24)/t11-/m0/s1. The Labute approximate surface area is 148 Å². The van der Waals surface area contributed by atoms with Gasteiger partial charge in [0, 0.05) is 24.2 Å². The van der Waals surface area contributed by atoms with Crippen molar-refractivity contribution in [3.63, 3.8) is 0 Å². The van der Waals surface area contributed by atoms with Crippen molar-refractivity contribution in [2.75, 3.05) is 7.05 Å². The first-order valence-electron chi connectivity index (χ1n) is 7.72. The number of benzene rings is 2. The Bertz CT molecular complexity index is 1020. The molecule has 0 bridgehead atoms. The second-order valence-corrected chi connectivity index (χ2v) is 6.25. The largest absolute Gasteiger partial charge is 0.335 e. The Morgan fingerprint density at radius 1 is 1.20 bits per heavy atom. The van der Waals surface area contributed by atoms with Crippen LogP contribution in [0.2, 0.25) is 5.02 Å². The Morgan fingerprint density at radius 2 is 1.88 bits per heavy atom. The molecule has 6 heteroatoms. The lowest BCUT2D eigenvalue weighted by atomic mass is 10.0. The maximum absolute atomic E-state index is 13.3. The molecule has 0 saturated carbocycles. The normalized spacial score (nSPS) is 12.2. The molecule has 3 rings (SSSR count). The van der Waals surface area contributed by atoms with Crippen molar-refractivity contribution in [2.24, 2.45) is 0 Å². The Balaban J connectivity index is 1.99. The highest BCUT2D eigenvalue weighted by atomic mass is 35.5. The van der Waals surface area contributed by atoms with E-state index >= 15 is 0 Å². The first kappa shape index (κ1) is 17.2. The van der Waals surface area contributed by atoms with Crippen molar-refractivity contribution in [2.45, 2.75) is 13.0 Å². The van der Waals surface area contributed by atoms with Crippen LogP contribution in [-0.2, 0) is 0 Å². The fraction of sp³-hybridized carbons (Fsp3) is 0.158. The lowest BCUT2D eigenvalue weighted by Crippen LogP contribution is -2.30. The molecule has 0 saturated heterocycles. The van der Waals surface area contributed by atoms with E-state index < -0.39 is 5.82 Å². The van der Waals surface area contributed by atoms with Crippen molar-refractivity contribution in [1.82, 2.24) is 9.88 Å². The summed E-state index contributed by atoms with van der Waals surface area (Å²) in [4.78, 5) is 28.9. The zero-order chi connectivity index (χ0) is 18.1. The number of amides is 1. The molecule has 1 atom stereocenters. The molecule has 0 aliphatic rings. The fourth-order valence-electron chi connectivity index (χ4n) is 2.79. The fourth-order valence-corrected chi connectivity index (χ4v) is 2.98. The predicted octanol–water partition coefficient (Wildman–Crippen LogP) is 4.15. The minimum Gasteiger partial charge on any atom is -0.335 e. The van der Waals surface area contributed by atoms with Crippen LogP contribution in [0, 0.1) is 5.82 Å². The number of pyridine rings is 1. The number of carbonyl (C=O) groups excluding carboxylic acids is 1. The summed E-state index contributed by atoms with van der Waals surface area (Å²) in [6.07, 6.45) is 1.62. The summed E-state index contributed by atoms with van der Waals surface area (Å²) in [5.74, 6) is -0.856. The smallest absolute Gasteiger partial charge is 0.255 e. The molecule has 0 radical (unpaired) electrons. The van der Waals surface area contributed by atoms with Gasteiger partial charge < -0.3 is 9.88 Å². The summed E-state index contributed by atoms with van der Waals surface area (Å²) in [7, 11) is 1.66. The minimum atomic E-state index is -0.569. The summed E-state index contributed by atoms with van der Waals surface area (Å²) in [6, 6.07) is 10.8. The van der Waals surface area contributed by atoms with Gasteiger partial charge in [-0.3, -0.25) is 9.59 Å². The summed E-state index contributed by atoms with van der Waals surface area (Å²) in [6.45, 7) is 1.86. The van der Waals surface area contributed by atoms with Gasteiger partial charge in [-0.2, -0.15) is 0 Å². The van der Waals surface area contributed by atoms with Gasteiger partial charge in [0.2, 0.25) is 0 Å². The molecule has 128 valence electrons. The van der Waals surface area contributed by atoms with Gasteiger partial charge in [-0.05, 0) is 42.1 Å². The van der Waals surface area contributed by atoms with Crippen molar-refractivity contribution in [3.05, 3.63) is 81.0 Å². The highest BCUT2D eigenvalue weighted by molar-refractivity contribution is 6.31. The molecule has 0 fully saturated rings. The van der Waals surface area contributed by atoms with Crippen LogP contribution < -0.4 is 5.56 Å². The number of carbonyl (C=O) groups is 1. The van der Waals surface area contributed by atoms with E-state index in [1.165, 1.54) is 23.1 Å². The lowest BCUT2D eigenvalue weighted by molar-refractivity contribution is 0.0743. The highest BCUT2D eigenvalue weighted by Crippen LogP contribution is 2.26. The van der Waals surface area contributed by atoms with Crippen LogP contribution in [-0.4, -0.2) is 22.8 Å². The van der Waals surface area contributed by atoms with E-state index in [4.69, 9.17) is 11.6 Å². The van der Waals surface area contributed by atoms with E-state index in [9.17, 15) is 14.0 Å². The number of aromatic amines is 1. The van der Waals surface area contributed by atoms with Gasteiger partial charge in [0.05, 0.1) is 11.1 Å². The molecule has 2 aromatic carbocycles. The third-order valence-electron chi connectivity index (χ3n) is 4.36. The monoisotopic (exact) mass is 358 g/mol. The van der Waals surface area contributed by atoms with E-state index in [2.05, 4.69) is 4.98 Å². The molecular weight excluding hydrogens is 343 g/mol. The molecule has 0 unspecified atom stereocenters. The molecule has 3 aromatic rings. The van der Waals surface area contributed by atoms with E-state index in [-0.39, 0.29) is 22.5 Å². The van der Waals surface area contributed by atoms with Gasteiger partial charge in [-0.25, -0.2) is 4.39 Å². The molecular formula is C19H16ClFN2O2. The first-order chi connectivity index (χ1) is 11.9. The SMILES string of the molecule is C[C@@H](c1c[nH]c(=O)c2ccccc12)N(C)C(=O)c1ccc(F)c(Cl)c1. The number of nitrogens with zero attached hydrogens (tertiary/aromatic N) is 1. The first-order valence-corrected chi connectivity index (χ1v) is 8.10. The molecule has 1 N–H and O–H groups in total. The zero-order valence-electron chi connectivity index (χ0n) is 13.7. The van der Waals surface area contributed by atoms with E-state index in [0.29, 0.717) is 10.9 Å². The topological polar surface area (TPSA) is 53.2 Å². The zero-order valence-corrected chi connectivity index (χ0v) is 14.5. The van der Waals surface area contributed by atoms with Gasteiger partial charge in [-0.15, -0.1) is 0 Å². The molecule has 25 heavy (non-hydrogen) atoms. The number of rotatable bonds is 3. The molecule has 1 amide bonds. The Morgan fingerprint density at radius 3 is 2.56 bits per heavy atom. The third kappa shape index (κ3) is 3.15. The van der Waals surface area contributed by atoms with Gasteiger partial charge in [0.1, 0.15) is 5.82 Å². The van der Waals surface area contributed by atoms with Gasteiger partial charge in [-0.1, -0.05) is 29.8 Å². The van der Waals surface area contributed by atoms with Crippen LogP contribution >= 0.6 is 11.6 Å². The summed E-state index contributed by atoms with van der Waals surface area (Å²) < 4.78 is 13.3. The average molecular weight is 359 g/mol. The molecule has 4 nitrogen and oxygen atoms in total. The predicted molar refractivity (Wildman–Crippen MR) is 96.5 cm³/mol. The molecule has 0 aliphatic carbocycles. The molecule has 0 spiro atoms. The van der Waals surface area contributed by atoms with Crippen LogP contribution in [0.4, 0.5) is 4.39 Å². The number of nitrogens with one attached hydrogen (secondary N) is 1. The van der Waals surface area contributed by atoms with Crippen molar-refractivity contribution in [1.29, 1.82) is 0 Å². The van der Waals surface area contributed by atoms with Gasteiger partial charge >= 0.3 is 0 Å². The lowest BCUT2D eigenvalue weighted by Gasteiger charge is -2.26. The molecule has 1 aromatic heterocycles. The summed E-state index contributed by atoms with van der Waals surface area (Å²) in [5.41, 5.74) is 0.944. The second kappa shape index (κ2) is 6.69. The van der Waals surface area contributed by atoms with E-state index in [1.54, 1.807) is 25.4 Å². The summed E-state index contributed by atoms with van der Waals surface area (Å²) >= 11 is 5.77. The average Bonchev–Trinajstić information content (AvgIpc) is 2.63. The van der Waals surface area contributed by atoms with Crippen molar-refractivity contribution >= 4 is 28.3 Å². The number of hydrogen-bond donors (Lipinski definition) is 1. The maximum Gasteiger partial charge on any atom is 0.255 e. The molecule has 1 heterocycles. The number of aromatic nitrogens is 1. The summed E-state index contributed by atoms with van der Waals surface area (Å²) in [5, 5.41) is 1.26. The van der Waals surface area contributed by atoms with Gasteiger partial charge in [0.15, 0.2) is 0 Å². The van der Waals surface area contributed by atoms with Crippen molar-refractivity contribution < 1.29 is 9.18 Å². The van der Waals surface area contributed by atoms with Crippen LogP contribution in [0.1, 0.15) is 28.9 Å². The van der Waals surface area contributed by atoms with Crippen molar-refractivity contribution in [3.8, 4) is 0 Å². The number of fused-ring (bicyclic) bond motifs is 1. The third-order valence-corrected chi connectivity index (χ3v) is 4.65. The van der Waals surface area contributed by atoms with Crippen LogP contribution in [0.15, 0.2) is 53.5 Å². The number of hydrogen-bond acceptors (Lipinski definition) is 2. The number of halogens is 2. The Kier molecular flexibility index (Phi) is 4.59. The minimum absolute atomic E-state index is 0.0959. The van der Waals surface area contributed by atoms with E-state index in [1.807, 2.05) is 19.1 Å². The van der Waals surface area contributed by atoms with Crippen LogP contribution in [0.3, 0.4) is 0 Å². The van der Waals surface area contributed by atoms with E-state index in [0.717, 1.165) is 10.9 Å². The van der Waals surface area contributed by atoms with Crippen LogP contribution in [0.5, 0.6) is 0 Å². The van der Waals surface area contributed by atoms with Gasteiger partial charge in [0.25, 0.3) is 11.5 Å². The Hall–Kier alpha value is -2.66. The second-order valence-electron chi connectivity index (χ2n) is 5.84. The molecule has 0 aliphatic heterocycles. The highest BCUT2D eigenvalue weighted by Gasteiger charge is 2.21. The van der Waals surface area contributed by atoms with Crippen LogP contribution in [0.25, 0.3) is 10.8 Å². The maximum atomic E-state index is 13.3.